The van der Waals surface area contributed by atoms with Crippen molar-refractivity contribution in [2.24, 2.45) is 5.92 Å². The van der Waals surface area contributed by atoms with Gasteiger partial charge in [-0.2, -0.15) is 0 Å². The van der Waals surface area contributed by atoms with Crippen molar-refractivity contribution in [1.29, 1.82) is 0 Å². The molecule has 0 aromatic heterocycles. The van der Waals surface area contributed by atoms with Gasteiger partial charge in [-0.3, -0.25) is 0 Å². The summed E-state index contributed by atoms with van der Waals surface area (Å²) in [6.07, 6.45) is 2.51. The predicted molar refractivity (Wildman–Crippen MR) is 71.1 cm³/mol. The minimum absolute atomic E-state index is 0.505. The summed E-state index contributed by atoms with van der Waals surface area (Å²) in [5, 5.41) is 3.58. The Bertz CT molecular complexity index is 388. The Morgan fingerprint density at radius 2 is 2.11 bits per heavy atom. The second-order valence-corrected chi connectivity index (χ2v) is 5.29. The molecule has 1 saturated heterocycles. The zero-order valence-corrected chi connectivity index (χ0v) is 10.7. The van der Waals surface area contributed by atoms with Gasteiger partial charge in [-0.25, -0.2) is 0 Å². The number of benzene rings is 1. The highest BCUT2D eigenvalue weighted by Crippen LogP contribution is 2.32. The van der Waals surface area contributed by atoms with Crippen LogP contribution in [-0.2, 0) is 4.74 Å². The maximum atomic E-state index is 5.69. The molecule has 0 saturated carbocycles. The summed E-state index contributed by atoms with van der Waals surface area (Å²) < 4.78 is 11.2. The SMILES string of the molecule is c1ccc2c(c1)OCC2CNCC1CCCOC1. The van der Waals surface area contributed by atoms with Crippen LogP contribution >= 0.6 is 0 Å². The van der Waals surface area contributed by atoms with E-state index in [0.717, 1.165) is 38.7 Å². The van der Waals surface area contributed by atoms with E-state index in [1.807, 2.05) is 6.07 Å². The second kappa shape index (κ2) is 5.72. The lowest BCUT2D eigenvalue weighted by Gasteiger charge is -2.23. The maximum absolute atomic E-state index is 5.69. The summed E-state index contributed by atoms with van der Waals surface area (Å²) in [6, 6.07) is 8.37. The molecular formula is C15H21NO2. The van der Waals surface area contributed by atoms with Crippen molar-refractivity contribution in [3.05, 3.63) is 29.8 Å². The Hall–Kier alpha value is -1.06. The lowest BCUT2D eigenvalue weighted by atomic mass is 10.00. The minimum atomic E-state index is 0.505. The molecule has 3 rings (SSSR count). The average Bonchev–Trinajstić information content (AvgIpc) is 2.84. The van der Waals surface area contributed by atoms with Crippen molar-refractivity contribution in [3.8, 4) is 5.75 Å². The van der Waals surface area contributed by atoms with Crippen LogP contribution in [0.25, 0.3) is 0 Å². The van der Waals surface area contributed by atoms with E-state index in [9.17, 15) is 0 Å². The predicted octanol–water partition coefficient (Wildman–Crippen LogP) is 2.18. The highest BCUT2D eigenvalue weighted by molar-refractivity contribution is 5.39. The standard InChI is InChI=1S/C15H21NO2/c1-2-6-15-14(5-1)13(11-18-15)9-16-8-12-4-3-7-17-10-12/h1-2,5-6,12-13,16H,3-4,7-11H2. The number of para-hydroxylation sites is 1. The van der Waals surface area contributed by atoms with Gasteiger partial charge in [0.2, 0.25) is 0 Å². The molecule has 3 heteroatoms. The molecule has 98 valence electrons. The molecule has 1 aromatic rings. The molecule has 0 bridgehead atoms. The van der Waals surface area contributed by atoms with E-state index in [4.69, 9.17) is 9.47 Å². The second-order valence-electron chi connectivity index (χ2n) is 5.29. The Labute approximate surface area is 108 Å². The highest BCUT2D eigenvalue weighted by Gasteiger charge is 2.23. The van der Waals surface area contributed by atoms with Gasteiger partial charge in [0.05, 0.1) is 13.2 Å². The van der Waals surface area contributed by atoms with Gasteiger partial charge in [0, 0.05) is 31.2 Å². The van der Waals surface area contributed by atoms with Crippen LogP contribution in [0.15, 0.2) is 24.3 Å². The van der Waals surface area contributed by atoms with Crippen molar-refractivity contribution in [1.82, 2.24) is 5.32 Å². The molecule has 2 heterocycles. The van der Waals surface area contributed by atoms with E-state index in [2.05, 4.69) is 23.5 Å². The van der Waals surface area contributed by atoms with Gasteiger partial charge in [-0.05, 0) is 24.8 Å². The molecule has 2 atom stereocenters. The van der Waals surface area contributed by atoms with Crippen LogP contribution in [0.3, 0.4) is 0 Å². The zero-order chi connectivity index (χ0) is 12.2. The van der Waals surface area contributed by atoms with E-state index >= 15 is 0 Å². The third-order valence-electron chi connectivity index (χ3n) is 3.88. The third kappa shape index (κ3) is 2.68. The van der Waals surface area contributed by atoms with Gasteiger partial charge < -0.3 is 14.8 Å². The smallest absolute Gasteiger partial charge is 0.122 e. The highest BCUT2D eigenvalue weighted by atomic mass is 16.5. The lowest BCUT2D eigenvalue weighted by molar-refractivity contribution is 0.0547. The van der Waals surface area contributed by atoms with Gasteiger partial charge >= 0.3 is 0 Å². The largest absolute Gasteiger partial charge is 0.493 e. The molecule has 0 spiro atoms. The summed E-state index contributed by atoms with van der Waals surface area (Å²) in [4.78, 5) is 0. The fourth-order valence-electron chi connectivity index (χ4n) is 2.83. The fraction of sp³-hybridized carbons (Fsp3) is 0.600. The van der Waals surface area contributed by atoms with E-state index in [0.29, 0.717) is 11.8 Å². The van der Waals surface area contributed by atoms with Crippen molar-refractivity contribution >= 4 is 0 Å². The van der Waals surface area contributed by atoms with Crippen molar-refractivity contribution in [3.63, 3.8) is 0 Å². The van der Waals surface area contributed by atoms with Crippen LogP contribution < -0.4 is 10.1 Å². The summed E-state index contributed by atoms with van der Waals surface area (Å²) in [5.41, 5.74) is 1.35. The Morgan fingerprint density at radius 1 is 1.17 bits per heavy atom. The number of fused-ring (bicyclic) bond motifs is 1. The molecule has 0 aliphatic carbocycles. The van der Waals surface area contributed by atoms with Crippen molar-refractivity contribution < 1.29 is 9.47 Å². The van der Waals surface area contributed by atoms with Crippen LogP contribution in [0.4, 0.5) is 0 Å². The minimum Gasteiger partial charge on any atom is -0.493 e. The van der Waals surface area contributed by atoms with E-state index in [1.165, 1.54) is 18.4 Å². The first kappa shape index (κ1) is 12.0. The van der Waals surface area contributed by atoms with Gasteiger partial charge in [0.25, 0.3) is 0 Å². The number of hydrogen-bond donors (Lipinski definition) is 1. The van der Waals surface area contributed by atoms with Gasteiger partial charge in [-0.1, -0.05) is 18.2 Å². The van der Waals surface area contributed by atoms with E-state index in [1.54, 1.807) is 0 Å². The Morgan fingerprint density at radius 3 is 3.00 bits per heavy atom. The van der Waals surface area contributed by atoms with Crippen LogP contribution in [-0.4, -0.2) is 32.9 Å². The first-order valence-electron chi connectivity index (χ1n) is 6.93. The maximum Gasteiger partial charge on any atom is 0.122 e. The Kier molecular flexibility index (Phi) is 3.81. The number of ether oxygens (including phenoxy) is 2. The molecular weight excluding hydrogens is 226 g/mol. The monoisotopic (exact) mass is 247 g/mol. The summed E-state index contributed by atoms with van der Waals surface area (Å²) in [7, 11) is 0. The normalized spacial score (nSPS) is 26.7. The molecule has 0 amide bonds. The van der Waals surface area contributed by atoms with Crippen LogP contribution in [0.2, 0.25) is 0 Å². The van der Waals surface area contributed by atoms with Crippen LogP contribution in [0.1, 0.15) is 24.3 Å². The molecule has 0 radical (unpaired) electrons. The number of rotatable bonds is 4. The molecule has 18 heavy (non-hydrogen) atoms. The van der Waals surface area contributed by atoms with Crippen LogP contribution in [0.5, 0.6) is 5.75 Å². The average molecular weight is 247 g/mol. The lowest BCUT2D eigenvalue weighted by Crippen LogP contribution is -2.32. The first-order valence-corrected chi connectivity index (χ1v) is 6.93. The van der Waals surface area contributed by atoms with Gasteiger partial charge in [-0.15, -0.1) is 0 Å². The Balaban J connectivity index is 1.47. The third-order valence-corrected chi connectivity index (χ3v) is 3.88. The van der Waals surface area contributed by atoms with E-state index < -0.39 is 0 Å². The molecule has 3 nitrogen and oxygen atoms in total. The van der Waals surface area contributed by atoms with E-state index in [-0.39, 0.29) is 0 Å². The van der Waals surface area contributed by atoms with Gasteiger partial charge in [0.1, 0.15) is 5.75 Å². The summed E-state index contributed by atoms with van der Waals surface area (Å²) >= 11 is 0. The molecule has 1 aromatic carbocycles. The van der Waals surface area contributed by atoms with Crippen LogP contribution in [0, 0.1) is 5.92 Å². The van der Waals surface area contributed by atoms with Gasteiger partial charge in [0.15, 0.2) is 0 Å². The number of nitrogens with one attached hydrogen (secondary N) is 1. The van der Waals surface area contributed by atoms with Crippen molar-refractivity contribution in [2.45, 2.75) is 18.8 Å². The molecule has 2 aliphatic rings. The molecule has 2 aliphatic heterocycles. The zero-order valence-electron chi connectivity index (χ0n) is 10.7. The fourth-order valence-corrected chi connectivity index (χ4v) is 2.83. The first-order chi connectivity index (χ1) is 8.93. The summed E-state index contributed by atoms with van der Waals surface area (Å²) in [6.45, 7) is 4.75. The number of hydrogen-bond acceptors (Lipinski definition) is 3. The summed E-state index contributed by atoms with van der Waals surface area (Å²) in [5.74, 6) is 2.26. The topological polar surface area (TPSA) is 30.5 Å². The molecule has 1 fully saturated rings. The molecule has 1 N–H and O–H groups in total. The molecule has 2 unspecified atom stereocenters. The van der Waals surface area contributed by atoms with Crippen molar-refractivity contribution in [2.75, 3.05) is 32.9 Å². The quantitative estimate of drug-likeness (QED) is 0.884.